The Hall–Kier alpha value is -3.71. The third kappa shape index (κ3) is 3.78. The number of nitrogens with zero attached hydrogens (tertiary/aromatic N) is 2. The van der Waals surface area contributed by atoms with Crippen molar-refractivity contribution < 1.29 is 24.4 Å². The summed E-state index contributed by atoms with van der Waals surface area (Å²) in [6.07, 6.45) is 12.9. The van der Waals surface area contributed by atoms with Crippen LogP contribution < -0.4 is 10.1 Å². The van der Waals surface area contributed by atoms with Gasteiger partial charge in [-0.1, -0.05) is 25.3 Å². The van der Waals surface area contributed by atoms with Gasteiger partial charge in [-0.3, -0.25) is 0 Å². The highest BCUT2D eigenvalue weighted by Gasteiger charge is 2.48. The van der Waals surface area contributed by atoms with Crippen LogP contribution in [0.4, 0.5) is 5.69 Å². The number of aromatic carboxylic acids is 2. The molecular formula is C32H33N2O4Si+. The van der Waals surface area contributed by atoms with Crippen LogP contribution in [0, 0.1) is 0 Å². The highest BCUT2D eigenvalue weighted by molar-refractivity contribution is 7.00. The van der Waals surface area contributed by atoms with Gasteiger partial charge in [0, 0.05) is 30.9 Å². The Labute approximate surface area is 229 Å². The Morgan fingerprint density at radius 3 is 2.26 bits per heavy atom. The van der Waals surface area contributed by atoms with Gasteiger partial charge in [-0.05, 0) is 87.6 Å². The van der Waals surface area contributed by atoms with Crippen LogP contribution in [0.15, 0.2) is 65.4 Å². The van der Waals surface area contributed by atoms with Crippen molar-refractivity contribution >= 4 is 42.2 Å². The second kappa shape index (κ2) is 9.19. The average Bonchev–Trinajstić information content (AvgIpc) is 2.88. The summed E-state index contributed by atoms with van der Waals surface area (Å²) in [4.78, 5) is 26.9. The largest absolute Gasteiger partial charge is 0.478 e. The number of rotatable bonds is 4. The van der Waals surface area contributed by atoms with Gasteiger partial charge in [0.2, 0.25) is 0 Å². The maximum Gasteiger partial charge on any atom is 0.336 e. The van der Waals surface area contributed by atoms with Gasteiger partial charge >= 0.3 is 11.9 Å². The molecule has 7 rings (SSSR count). The number of benzene rings is 2. The van der Waals surface area contributed by atoms with Crippen molar-refractivity contribution in [3.05, 3.63) is 87.6 Å². The SMILES string of the molecule is O=C(O)c1ccc(C(=O)O)c(C2=C3C=CC(=[N+]4CCC4)C=C3[Si]3(CCCCC3)c3cc(N4CCC4)ccc32)c1. The van der Waals surface area contributed by atoms with Crippen molar-refractivity contribution in [1.82, 2.24) is 0 Å². The maximum absolute atomic E-state index is 12.5. The zero-order valence-corrected chi connectivity index (χ0v) is 23.1. The van der Waals surface area contributed by atoms with Crippen LogP contribution >= 0.6 is 0 Å². The molecule has 39 heavy (non-hydrogen) atoms. The van der Waals surface area contributed by atoms with E-state index in [1.807, 2.05) is 0 Å². The molecule has 1 spiro atoms. The van der Waals surface area contributed by atoms with Crippen molar-refractivity contribution in [1.29, 1.82) is 0 Å². The van der Waals surface area contributed by atoms with E-state index >= 15 is 0 Å². The lowest BCUT2D eigenvalue weighted by Crippen LogP contribution is -2.56. The molecule has 4 heterocycles. The van der Waals surface area contributed by atoms with Crippen LogP contribution in [-0.4, -0.2) is 66.7 Å². The number of fused-ring (bicyclic) bond motifs is 4. The molecule has 6 nitrogen and oxygen atoms in total. The Kier molecular flexibility index (Phi) is 5.74. The summed E-state index contributed by atoms with van der Waals surface area (Å²) in [7, 11) is -2.14. The molecule has 3 fully saturated rings. The van der Waals surface area contributed by atoms with Crippen LogP contribution in [0.1, 0.15) is 63.9 Å². The predicted molar refractivity (Wildman–Crippen MR) is 155 cm³/mol. The summed E-state index contributed by atoms with van der Waals surface area (Å²) in [5, 5.41) is 22.9. The Morgan fingerprint density at radius 1 is 0.821 bits per heavy atom. The van der Waals surface area contributed by atoms with Crippen LogP contribution in [0.5, 0.6) is 0 Å². The highest BCUT2D eigenvalue weighted by Crippen LogP contribution is 2.48. The van der Waals surface area contributed by atoms with E-state index in [2.05, 4.69) is 45.9 Å². The maximum atomic E-state index is 12.5. The number of allylic oxidation sites excluding steroid dienone is 5. The van der Waals surface area contributed by atoms with Crippen LogP contribution in [0.25, 0.3) is 5.57 Å². The number of carboxylic acid groups (broad SMARTS) is 2. The molecule has 7 heteroatoms. The molecule has 0 aromatic heterocycles. The number of hydrogen-bond donors (Lipinski definition) is 2. The van der Waals surface area contributed by atoms with Crippen molar-refractivity contribution in [2.24, 2.45) is 0 Å². The van der Waals surface area contributed by atoms with Gasteiger partial charge in [0.25, 0.3) is 0 Å². The third-order valence-electron chi connectivity index (χ3n) is 9.49. The molecule has 0 radical (unpaired) electrons. The molecular weight excluding hydrogens is 504 g/mol. The number of hydrogen-bond acceptors (Lipinski definition) is 3. The molecule has 4 aliphatic heterocycles. The van der Waals surface area contributed by atoms with Crippen molar-refractivity contribution in [3.63, 3.8) is 0 Å². The van der Waals surface area contributed by atoms with Crippen molar-refractivity contribution in [2.75, 3.05) is 31.1 Å². The van der Waals surface area contributed by atoms with Crippen molar-refractivity contribution in [2.45, 2.75) is 44.2 Å². The van der Waals surface area contributed by atoms with Gasteiger partial charge in [-0.2, -0.15) is 0 Å². The monoisotopic (exact) mass is 537 g/mol. The number of carboxylic acids is 2. The smallest absolute Gasteiger partial charge is 0.336 e. The normalized spacial score (nSPS) is 21.1. The molecule has 0 amide bonds. The first-order valence-electron chi connectivity index (χ1n) is 14.2. The van der Waals surface area contributed by atoms with E-state index in [1.54, 1.807) is 6.07 Å². The summed E-state index contributed by atoms with van der Waals surface area (Å²) in [5.74, 6) is -2.09. The second-order valence-electron chi connectivity index (χ2n) is 11.5. The van der Waals surface area contributed by atoms with Crippen molar-refractivity contribution in [3.8, 4) is 0 Å². The lowest BCUT2D eigenvalue weighted by atomic mass is 9.86. The standard InChI is InChI=1S/C32H32N2O4Si/c35-31(36)21-6-9-24(32(37)38)27(18-21)30-25-10-7-22(33-12-4-13-33)19-28(25)39(16-2-1-3-17-39)29-20-23(8-11-26(29)30)34-14-5-15-34/h6-11,18-20H,1-5,12-17H2,(H-,35,36,37,38)/p+1. The molecule has 0 unspecified atom stereocenters. The molecule has 5 aliphatic rings. The first kappa shape index (κ1) is 24.3. The average molecular weight is 538 g/mol. The predicted octanol–water partition coefficient (Wildman–Crippen LogP) is 4.84. The molecule has 2 aromatic rings. The molecule has 0 atom stereocenters. The van der Waals surface area contributed by atoms with Gasteiger partial charge in [0.05, 0.1) is 17.5 Å². The van der Waals surface area contributed by atoms with Gasteiger partial charge < -0.3 is 15.1 Å². The zero-order valence-electron chi connectivity index (χ0n) is 22.1. The number of anilines is 1. The minimum Gasteiger partial charge on any atom is -0.478 e. The van der Waals surface area contributed by atoms with Crippen LogP contribution in [-0.2, 0) is 0 Å². The molecule has 0 saturated carbocycles. The summed E-state index contributed by atoms with van der Waals surface area (Å²) in [6.45, 7) is 4.29. The number of carbonyl (C=O) groups is 2. The summed E-state index contributed by atoms with van der Waals surface area (Å²) in [5.41, 5.74) is 6.34. The lowest BCUT2D eigenvalue weighted by Gasteiger charge is -2.45. The first-order chi connectivity index (χ1) is 19.0. The topological polar surface area (TPSA) is 80.8 Å². The van der Waals surface area contributed by atoms with Crippen LogP contribution in [0.3, 0.4) is 0 Å². The van der Waals surface area contributed by atoms with E-state index in [0.717, 1.165) is 42.9 Å². The summed E-state index contributed by atoms with van der Waals surface area (Å²) < 4.78 is 2.44. The van der Waals surface area contributed by atoms with E-state index in [-0.39, 0.29) is 11.1 Å². The summed E-state index contributed by atoms with van der Waals surface area (Å²) in [6, 6.07) is 13.6. The Morgan fingerprint density at radius 2 is 1.62 bits per heavy atom. The van der Waals surface area contributed by atoms with Gasteiger partial charge in [0.1, 0.15) is 21.2 Å². The van der Waals surface area contributed by atoms with E-state index in [4.69, 9.17) is 0 Å². The van der Waals surface area contributed by atoms with Gasteiger partial charge in [-0.25, -0.2) is 14.2 Å². The van der Waals surface area contributed by atoms with E-state index in [1.165, 1.54) is 78.1 Å². The molecule has 0 bridgehead atoms. The fourth-order valence-electron chi connectivity index (χ4n) is 7.18. The molecule has 1 aliphatic carbocycles. The second-order valence-corrected chi connectivity index (χ2v) is 15.8. The Bertz CT molecular complexity index is 1550. The van der Waals surface area contributed by atoms with E-state index in [0.29, 0.717) is 5.56 Å². The minimum absolute atomic E-state index is 0.107. The quantitative estimate of drug-likeness (QED) is 0.431. The Balaban J connectivity index is 1.55. The summed E-state index contributed by atoms with van der Waals surface area (Å²) >= 11 is 0. The van der Waals surface area contributed by atoms with Crippen LogP contribution in [0.2, 0.25) is 12.1 Å². The van der Waals surface area contributed by atoms with Gasteiger partial charge in [0.15, 0.2) is 5.71 Å². The molecule has 198 valence electrons. The first-order valence-corrected chi connectivity index (χ1v) is 16.7. The highest BCUT2D eigenvalue weighted by atomic mass is 28.3. The molecule has 3 saturated heterocycles. The van der Waals surface area contributed by atoms with E-state index < -0.39 is 20.0 Å². The zero-order chi connectivity index (χ0) is 26.7. The van der Waals surface area contributed by atoms with Gasteiger partial charge in [-0.15, -0.1) is 0 Å². The fourth-order valence-corrected chi connectivity index (χ4v) is 12.8. The minimum atomic E-state index is -2.14. The molecule has 2 N–H and O–H groups in total. The molecule has 2 aromatic carbocycles. The van der Waals surface area contributed by atoms with E-state index in [9.17, 15) is 19.8 Å². The fraction of sp³-hybridized carbons (Fsp3) is 0.344. The lowest BCUT2D eigenvalue weighted by molar-refractivity contribution is -0.582. The third-order valence-corrected chi connectivity index (χ3v) is 14.8.